The molecule has 0 spiro atoms. The predicted molar refractivity (Wildman–Crippen MR) is 61.5 cm³/mol. The van der Waals surface area contributed by atoms with Crippen LogP contribution in [0.2, 0.25) is 0 Å². The minimum absolute atomic E-state index is 0.0826. The van der Waals surface area contributed by atoms with E-state index >= 15 is 0 Å². The van der Waals surface area contributed by atoms with Gasteiger partial charge in [-0.15, -0.1) is 4.51 Å². The van der Waals surface area contributed by atoms with Gasteiger partial charge in [0.2, 0.25) is 5.90 Å². The summed E-state index contributed by atoms with van der Waals surface area (Å²) in [6, 6.07) is 4.24. The third kappa shape index (κ3) is 2.60. The molecule has 86 valence electrons. The maximum Gasteiger partial charge on any atom is 0.292 e. The monoisotopic (exact) mass is 243 g/mol. The van der Waals surface area contributed by atoms with Crippen LogP contribution in [0.15, 0.2) is 22.7 Å². The zero-order chi connectivity index (χ0) is 12.1. The summed E-state index contributed by atoms with van der Waals surface area (Å²) in [6.45, 7) is 2.12. The van der Waals surface area contributed by atoms with E-state index in [4.69, 9.17) is 22.2 Å². The number of ether oxygens (including phenoxy) is 1. The number of anilines is 1. The summed E-state index contributed by atoms with van der Waals surface area (Å²) in [5, 5.41) is 10.7. The van der Waals surface area contributed by atoms with Crippen molar-refractivity contribution in [3.63, 3.8) is 0 Å². The average Bonchev–Trinajstić information content (AvgIpc) is 2.26. The second kappa shape index (κ2) is 5.32. The van der Waals surface area contributed by atoms with Crippen LogP contribution < -0.4 is 5.73 Å². The van der Waals surface area contributed by atoms with E-state index in [1.807, 2.05) is 0 Å². The summed E-state index contributed by atoms with van der Waals surface area (Å²) in [5.41, 5.74) is 5.75. The molecule has 0 amide bonds. The lowest BCUT2D eigenvalue weighted by atomic mass is 10.2. The van der Waals surface area contributed by atoms with Crippen molar-refractivity contribution in [1.29, 1.82) is 0 Å². The van der Waals surface area contributed by atoms with Crippen LogP contribution in [0.5, 0.6) is 0 Å². The summed E-state index contributed by atoms with van der Waals surface area (Å²) < 4.78 is 8.49. The molecule has 1 aromatic carbocycles. The number of rotatable bonds is 3. The normalized spacial score (nSPS) is 11.2. The van der Waals surface area contributed by atoms with Crippen molar-refractivity contribution in [3.8, 4) is 0 Å². The van der Waals surface area contributed by atoms with E-state index in [2.05, 4.69) is 4.51 Å². The number of nitro benzene ring substituents is 1. The van der Waals surface area contributed by atoms with Crippen LogP contribution in [-0.2, 0) is 4.74 Å². The van der Waals surface area contributed by atoms with Gasteiger partial charge in [-0.05, 0) is 19.1 Å². The molecule has 2 N–H and O–H groups in total. The molecule has 0 radical (unpaired) electrons. The van der Waals surface area contributed by atoms with Crippen LogP contribution >= 0.6 is 11.8 Å². The SMILES string of the molecule is CCO/C(=N/Cl)c1ccc(N)c([N+](=O)[O-])c1. The largest absolute Gasteiger partial charge is 0.477 e. The summed E-state index contributed by atoms with van der Waals surface area (Å²) in [7, 11) is 0. The first kappa shape index (κ1) is 12.3. The molecule has 0 heterocycles. The predicted octanol–water partition coefficient (Wildman–Crippen LogP) is 2.11. The van der Waals surface area contributed by atoms with Crippen LogP contribution in [0.1, 0.15) is 12.5 Å². The topological polar surface area (TPSA) is 90.8 Å². The lowest BCUT2D eigenvalue weighted by Gasteiger charge is -2.06. The Morgan fingerprint density at radius 1 is 1.69 bits per heavy atom. The lowest BCUT2D eigenvalue weighted by Crippen LogP contribution is -2.07. The highest BCUT2D eigenvalue weighted by Gasteiger charge is 2.15. The molecule has 0 aliphatic carbocycles. The number of halogens is 1. The van der Waals surface area contributed by atoms with Gasteiger partial charge in [-0.3, -0.25) is 10.1 Å². The molecule has 0 aliphatic rings. The summed E-state index contributed by atoms with van der Waals surface area (Å²) >= 11 is 5.31. The number of nitro groups is 1. The maximum atomic E-state index is 10.7. The number of nitrogens with zero attached hydrogens (tertiary/aromatic N) is 2. The Morgan fingerprint density at radius 3 is 2.88 bits per heavy atom. The Balaban J connectivity index is 3.16. The smallest absolute Gasteiger partial charge is 0.292 e. The molecule has 6 nitrogen and oxygen atoms in total. The third-order valence-electron chi connectivity index (χ3n) is 1.83. The van der Waals surface area contributed by atoms with Gasteiger partial charge >= 0.3 is 0 Å². The van der Waals surface area contributed by atoms with Crippen molar-refractivity contribution in [2.24, 2.45) is 4.51 Å². The van der Waals surface area contributed by atoms with Gasteiger partial charge in [0.1, 0.15) is 5.69 Å². The standard InChI is InChI=1S/C9H10ClN3O3/c1-2-16-9(12-10)6-3-4-7(11)8(5-6)13(14)15/h3-5H,2,11H2,1H3/b12-9+. The Labute approximate surface area is 96.9 Å². The van der Waals surface area contributed by atoms with Crippen LogP contribution in [-0.4, -0.2) is 17.4 Å². The van der Waals surface area contributed by atoms with Crippen molar-refractivity contribution in [2.75, 3.05) is 12.3 Å². The van der Waals surface area contributed by atoms with Crippen LogP contribution in [0.3, 0.4) is 0 Å². The Kier molecular flexibility index (Phi) is 4.07. The lowest BCUT2D eigenvalue weighted by molar-refractivity contribution is -0.383. The van der Waals surface area contributed by atoms with Gasteiger partial charge in [-0.1, -0.05) is 0 Å². The van der Waals surface area contributed by atoms with Gasteiger partial charge in [-0.2, -0.15) is 0 Å². The molecule has 1 aromatic rings. The number of nitrogens with two attached hydrogens (primary N) is 1. The first-order chi connectivity index (χ1) is 7.60. The molecule has 0 unspecified atom stereocenters. The van der Waals surface area contributed by atoms with E-state index in [1.165, 1.54) is 12.1 Å². The van der Waals surface area contributed by atoms with Gasteiger partial charge in [0.25, 0.3) is 5.69 Å². The van der Waals surface area contributed by atoms with Crippen molar-refractivity contribution in [2.45, 2.75) is 6.92 Å². The van der Waals surface area contributed by atoms with Gasteiger partial charge < -0.3 is 10.5 Å². The maximum absolute atomic E-state index is 10.7. The van der Waals surface area contributed by atoms with E-state index in [1.54, 1.807) is 13.0 Å². The molecular weight excluding hydrogens is 234 g/mol. The fourth-order valence-corrected chi connectivity index (χ4v) is 1.27. The summed E-state index contributed by atoms with van der Waals surface area (Å²) in [5.74, 6) is 0.132. The number of hydrogen-bond acceptors (Lipinski definition) is 5. The first-order valence-corrected chi connectivity index (χ1v) is 4.80. The highest BCUT2D eigenvalue weighted by Crippen LogP contribution is 2.23. The van der Waals surface area contributed by atoms with Crippen LogP contribution in [0, 0.1) is 10.1 Å². The highest BCUT2D eigenvalue weighted by atomic mass is 35.5. The minimum atomic E-state index is -0.573. The van der Waals surface area contributed by atoms with E-state index < -0.39 is 4.92 Å². The molecule has 0 saturated heterocycles. The second-order valence-corrected chi connectivity index (χ2v) is 3.02. The molecule has 0 aromatic heterocycles. The first-order valence-electron chi connectivity index (χ1n) is 4.46. The zero-order valence-electron chi connectivity index (χ0n) is 8.51. The third-order valence-corrected chi connectivity index (χ3v) is 1.99. The van der Waals surface area contributed by atoms with E-state index in [0.717, 1.165) is 0 Å². The van der Waals surface area contributed by atoms with Crippen LogP contribution in [0.25, 0.3) is 0 Å². The van der Waals surface area contributed by atoms with Crippen molar-refractivity contribution in [1.82, 2.24) is 0 Å². The van der Waals surface area contributed by atoms with Crippen molar-refractivity contribution >= 4 is 29.0 Å². The average molecular weight is 244 g/mol. The fourth-order valence-electron chi connectivity index (χ4n) is 1.13. The molecule has 0 bridgehead atoms. The summed E-state index contributed by atoms with van der Waals surface area (Å²) in [4.78, 5) is 10.1. The van der Waals surface area contributed by atoms with Crippen molar-refractivity contribution < 1.29 is 9.66 Å². The second-order valence-electron chi connectivity index (χ2n) is 2.85. The molecular formula is C9H10ClN3O3. The number of hydrogen-bond donors (Lipinski definition) is 1. The molecule has 0 aliphatic heterocycles. The Bertz CT molecular complexity index is 434. The molecule has 0 saturated carbocycles. The molecule has 7 heteroatoms. The van der Waals surface area contributed by atoms with Crippen molar-refractivity contribution in [3.05, 3.63) is 33.9 Å². The van der Waals surface area contributed by atoms with Gasteiger partial charge in [0, 0.05) is 23.4 Å². The van der Waals surface area contributed by atoms with E-state index in [-0.39, 0.29) is 17.3 Å². The van der Waals surface area contributed by atoms with Crippen LogP contribution in [0.4, 0.5) is 11.4 Å². The Hall–Kier alpha value is -1.82. The summed E-state index contributed by atoms with van der Waals surface area (Å²) in [6.07, 6.45) is 0. The molecule has 16 heavy (non-hydrogen) atoms. The van der Waals surface area contributed by atoms with Gasteiger partial charge in [0.05, 0.1) is 11.5 Å². The zero-order valence-corrected chi connectivity index (χ0v) is 9.27. The molecule has 0 atom stereocenters. The van der Waals surface area contributed by atoms with Gasteiger partial charge in [0.15, 0.2) is 0 Å². The molecule has 1 rings (SSSR count). The quantitative estimate of drug-likeness (QED) is 0.289. The Morgan fingerprint density at radius 2 is 2.38 bits per heavy atom. The number of benzene rings is 1. The number of nitrogen functional groups attached to an aromatic ring is 1. The van der Waals surface area contributed by atoms with E-state index in [0.29, 0.717) is 12.2 Å². The fraction of sp³-hybridized carbons (Fsp3) is 0.222. The van der Waals surface area contributed by atoms with E-state index in [9.17, 15) is 10.1 Å². The minimum Gasteiger partial charge on any atom is -0.477 e. The highest BCUT2D eigenvalue weighted by molar-refractivity contribution is 6.21. The van der Waals surface area contributed by atoms with Gasteiger partial charge in [-0.25, -0.2) is 0 Å². The molecule has 0 fully saturated rings.